The average Bonchev–Trinajstić information content (AvgIpc) is 2.64. The van der Waals surface area contributed by atoms with Crippen LogP contribution in [0.4, 0.5) is 17.6 Å². The molecule has 0 aromatic carbocycles. The Bertz CT molecular complexity index is 354. The zero-order chi connectivity index (χ0) is 12.5. The SMILES string of the molecule is FCCC1(n2cccn2)CN(CC(F)(F)F)C1. The smallest absolute Gasteiger partial charge is 0.290 e. The van der Waals surface area contributed by atoms with E-state index < -0.39 is 24.9 Å². The number of alkyl halides is 4. The van der Waals surface area contributed by atoms with Crippen molar-refractivity contribution in [1.82, 2.24) is 14.7 Å². The summed E-state index contributed by atoms with van der Waals surface area (Å²) in [6.45, 7) is -1.11. The summed E-state index contributed by atoms with van der Waals surface area (Å²) >= 11 is 0. The van der Waals surface area contributed by atoms with Crippen LogP contribution in [0.5, 0.6) is 0 Å². The van der Waals surface area contributed by atoms with Crippen LogP contribution >= 0.6 is 0 Å². The van der Waals surface area contributed by atoms with Crippen LogP contribution in [0.15, 0.2) is 18.5 Å². The van der Waals surface area contributed by atoms with E-state index in [-0.39, 0.29) is 19.5 Å². The van der Waals surface area contributed by atoms with Gasteiger partial charge in [0.15, 0.2) is 0 Å². The molecule has 2 heterocycles. The highest BCUT2D eigenvalue weighted by Crippen LogP contribution is 2.34. The van der Waals surface area contributed by atoms with Crippen molar-refractivity contribution in [2.45, 2.75) is 18.1 Å². The molecule has 0 unspecified atom stereocenters. The summed E-state index contributed by atoms with van der Waals surface area (Å²) in [6, 6.07) is 1.69. The molecule has 1 saturated heterocycles. The minimum absolute atomic E-state index is 0.193. The van der Waals surface area contributed by atoms with Gasteiger partial charge in [-0.25, -0.2) is 0 Å². The molecule has 0 saturated carbocycles. The predicted octanol–water partition coefficient (Wildman–Crippen LogP) is 1.82. The third-order valence-electron chi connectivity index (χ3n) is 2.99. The highest BCUT2D eigenvalue weighted by molar-refractivity contribution is 5.02. The largest absolute Gasteiger partial charge is 0.401 e. The summed E-state index contributed by atoms with van der Waals surface area (Å²) in [5, 5.41) is 4.00. The number of halogens is 4. The molecule has 1 aliphatic heterocycles. The maximum absolute atomic E-state index is 12.5. The summed E-state index contributed by atoms with van der Waals surface area (Å²) in [5.41, 5.74) is -0.608. The molecule has 96 valence electrons. The van der Waals surface area contributed by atoms with Crippen LogP contribution in [0.25, 0.3) is 0 Å². The molecule has 0 spiro atoms. The zero-order valence-electron chi connectivity index (χ0n) is 9.12. The lowest BCUT2D eigenvalue weighted by molar-refractivity contribution is -0.169. The van der Waals surface area contributed by atoms with E-state index in [0.717, 1.165) is 0 Å². The molecular formula is C10H13F4N3. The van der Waals surface area contributed by atoms with E-state index in [1.54, 1.807) is 23.1 Å². The quantitative estimate of drug-likeness (QED) is 0.761. The Labute approximate surface area is 96.0 Å². The van der Waals surface area contributed by atoms with Crippen molar-refractivity contribution >= 4 is 0 Å². The van der Waals surface area contributed by atoms with Crippen molar-refractivity contribution in [2.24, 2.45) is 0 Å². The van der Waals surface area contributed by atoms with Crippen molar-refractivity contribution in [1.29, 1.82) is 0 Å². The second-order valence-corrected chi connectivity index (χ2v) is 4.37. The van der Waals surface area contributed by atoms with E-state index in [0.29, 0.717) is 0 Å². The molecule has 0 radical (unpaired) electrons. The van der Waals surface area contributed by atoms with Crippen molar-refractivity contribution < 1.29 is 17.6 Å². The monoisotopic (exact) mass is 251 g/mol. The molecule has 17 heavy (non-hydrogen) atoms. The van der Waals surface area contributed by atoms with Gasteiger partial charge in [0.2, 0.25) is 0 Å². The molecule has 0 bridgehead atoms. The summed E-state index contributed by atoms with van der Waals surface area (Å²) < 4.78 is 50.6. The maximum Gasteiger partial charge on any atom is 0.401 e. The van der Waals surface area contributed by atoms with Crippen LogP contribution in [0, 0.1) is 0 Å². The van der Waals surface area contributed by atoms with Gasteiger partial charge < -0.3 is 0 Å². The number of hydrogen-bond acceptors (Lipinski definition) is 2. The number of rotatable bonds is 4. The number of hydrogen-bond donors (Lipinski definition) is 0. The van der Waals surface area contributed by atoms with Gasteiger partial charge in [-0.1, -0.05) is 0 Å². The topological polar surface area (TPSA) is 21.1 Å². The van der Waals surface area contributed by atoms with Crippen molar-refractivity contribution in [3.8, 4) is 0 Å². The molecule has 0 N–H and O–H groups in total. The van der Waals surface area contributed by atoms with E-state index in [1.165, 1.54) is 4.90 Å². The molecule has 2 rings (SSSR count). The third-order valence-corrected chi connectivity index (χ3v) is 2.99. The Kier molecular flexibility index (Phi) is 3.11. The first-order chi connectivity index (χ1) is 7.95. The molecule has 1 aliphatic rings. The summed E-state index contributed by atoms with van der Waals surface area (Å²) in [6.07, 6.45) is -0.790. The molecule has 1 aromatic heterocycles. The van der Waals surface area contributed by atoms with Crippen LogP contribution in [0.1, 0.15) is 6.42 Å². The number of aromatic nitrogens is 2. The van der Waals surface area contributed by atoms with Gasteiger partial charge in [0.1, 0.15) is 0 Å². The molecule has 1 fully saturated rings. The molecular weight excluding hydrogens is 238 g/mol. The minimum atomic E-state index is -4.20. The fourth-order valence-electron chi connectivity index (χ4n) is 2.29. The van der Waals surface area contributed by atoms with Gasteiger partial charge in [-0.15, -0.1) is 0 Å². The molecule has 1 aromatic rings. The lowest BCUT2D eigenvalue weighted by atomic mass is 9.87. The van der Waals surface area contributed by atoms with E-state index in [1.807, 2.05) is 0 Å². The Balaban J connectivity index is 2.00. The number of nitrogens with zero attached hydrogens (tertiary/aromatic N) is 3. The van der Waals surface area contributed by atoms with Gasteiger partial charge >= 0.3 is 6.18 Å². The first kappa shape index (κ1) is 12.3. The van der Waals surface area contributed by atoms with Crippen LogP contribution in [-0.2, 0) is 5.54 Å². The fourth-order valence-corrected chi connectivity index (χ4v) is 2.29. The van der Waals surface area contributed by atoms with Crippen molar-refractivity contribution in [3.63, 3.8) is 0 Å². The molecule has 3 nitrogen and oxygen atoms in total. The second kappa shape index (κ2) is 4.29. The first-order valence-corrected chi connectivity index (χ1v) is 5.30. The molecule has 0 amide bonds. The Morgan fingerprint density at radius 3 is 2.47 bits per heavy atom. The lowest BCUT2D eigenvalue weighted by Gasteiger charge is -2.50. The Morgan fingerprint density at radius 1 is 1.29 bits per heavy atom. The van der Waals surface area contributed by atoms with E-state index in [2.05, 4.69) is 5.10 Å². The van der Waals surface area contributed by atoms with Gasteiger partial charge in [0, 0.05) is 31.9 Å². The van der Waals surface area contributed by atoms with E-state index >= 15 is 0 Å². The average molecular weight is 251 g/mol. The van der Waals surface area contributed by atoms with Crippen molar-refractivity contribution in [3.05, 3.63) is 18.5 Å². The van der Waals surface area contributed by atoms with Crippen molar-refractivity contribution in [2.75, 3.05) is 26.3 Å². The normalized spacial score (nSPS) is 20.2. The van der Waals surface area contributed by atoms with Gasteiger partial charge in [0.25, 0.3) is 0 Å². The number of likely N-dealkylation sites (tertiary alicyclic amines) is 1. The van der Waals surface area contributed by atoms with Crippen LogP contribution < -0.4 is 0 Å². The highest BCUT2D eigenvalue weighted by Gasteiger charge is 2.48. The highest BCUT2D eigenvalue weighted by atomic mass is 19.4. The fraction of sp³-hybridized carbons (Fsp3) is 0.700. The molecule has 0 atom stereocenters. The Morgan fingerprint density at radius 2 is 2.00 bits per heavy atom. The summed E-state index contributed by atoms with van der Waals surface area (Å²) in [4.78, 5) is 1.26. The summed E-state index contributed by atoms with van der Waals surface area (Å²) in [5.74, 6) is 0. The van der Waals surface area contributed by atoms with Crippen LogP contribution in [0.2, 0.25) is 0 Å². The minimum Gasteiger partial charge on any atom is -0.290 e. The van der Waals surface area contributed by atoms with Gasteiger partial charge in [-0.05, 0) is 6.07 Å². The van der Waals surface area contributed by atoms with Crippen LogP contribution in [0.3, 0.4) is 0 Å². The summed E-state index contributed by atoms with van der Waals surface area (Å²) in [7, 11) is 0. The molecule has 7 heteroatoms. The first-order valence-electron chi connectivity index (χ1n) is 5.30. The lowest BCUT2D eigenvalue weighted by Crippen LogP contribution is -2.64. The third kappa shape index (κ3) is 2.59. The zero-order valence-corrected chi connectivity index (χ0v) is 9.12. The molecule has 0 aliphatic carbocycles. The van der Waals surface area contributed by atoms with Gasteiger partial charge in [-0.2, -0.15) is 18.3 Å². The van der Waals surface area contributed by atoms with E-state index in [4.69, 9.17) is 0 Å². The second-order valence-electron chi connectivity index (χ2n) is 4.37. The maximum atomic E-state index is 12.5. The Hall–Kier alpha value is -1.11. The van der Waals surface area contributed by atoms with Gasteiger partial charge in [-0.3, -0.25) is 14.0 Å². The standard InChI is InChI=1S/C10H13F4N3/c11-3-2-9(17-5-1-4-15-17)6-16(7-9)8-10(12,13)14/h1,4-5H,2-3,6-8H2. The van der Waals surface area contributed by atoms with Gasteiger partial charge in [0.05, 0.1) is 18.8 Å². The van der Waals surface area contributed by atoms with Crippen LogP contribution in [-0.4, -0.2) is 47.2 Å². The van der Waals surface area contributed by atoms with E-state index in [9.17, 15) is 17.6 Å². The predicted molar refractivity (Wildman–Crippen MR) is 53.3 cm³/mol.